The Morgan fingerprint density at radius 2 is 2.18 bits per heavy atom. The van der Waals surface area contributed by atoms with E-state index < -0.39 is 0 Å². The number of rotatable bonds is 6. The summed E-state index contributed by atoms with van der Waals surface area (Å²) in [7, 11) is 3.35. The van der Waals surface area contributed by atoms with E-state index in [0.717, 1.165) is 30.2 Å². The first-order valence-corrected chi connectivity index (χ1v) is 6.78. The van der Waals surface area contributed by atoms with Crippen LogP contribution >= 0.6 is 24.0 Å². The Labute approximate surface area is 147 Å². The largest absolute Gasteiger partial charge is 0.481 e. The predicted octanol–water partition coefficient (Wildman–Crippen LogP) is 2.21. The lowest BCUT2D eigenvalue weighted by Gasteiger charge is -2.12. The maximum Gasteiger partial charge on any atom is 0.218 e. The minimum Gasteiger partial charge on any atom is -0.481 e. The molecule has 0 unspecified atom stereocenters. The normalized spacial score (nSPS) is 10.7. The van der Waals surface area contributed by atoms with Crippen molar-refractivity contribution in [2.24, 2.45) is 4.99 Å². The highest BCUT2D eigenvalue weighted by Gasteiger charge is 2.04. The predicted molar refractivity (Wildman–Crippen MR) is 96.8 cm³/mol. The number of nitrogens with zero attached hydrogens (tertiary/aromatic N) is 2. The Bertz CT molecular complexity index is 573. The fourth-order valence-electron chi connectivity index (χ4n) is 1.90. The van der Waals surface area contributed by atoms with Gasteiger partial charge in [-0.3, -0.25) is 4.99 Å². The van der Waals surface area contributed by atoms with Crippen molar-refractivity contribution in [1.82, 2.24) is 15.6 Å². The Morgan fingerprint density at radius 3 is 2.86 bits per heavy atom. The lowest BCUT2D eigenvalue weighted by atomic mass is 10.2. The highest BCUT2D eigenvalue weighted by atomic mass is 127. The van der Waals surface area contributed by atoms with Crippen LogP contribution < -0.4 is 15.4 Å². The van der Waals surface area contributed by atoms with Crippen molar-refractivity contribution in [1.29, 1.82) is 0 Å². The molecule has 0 spiro atoms. The van der Waals surface area contributed by atoms with Crippen molar-refractivity contribution in [3.05, 3.63) is 48.0 Å². The van der Waals surface area contributed by atoms with Crippen LogP contribution in [0.2, 0.25) is 0 Å². The second-order valence-corrected chi connectivity index (χ2v) is 4.35. The highest BCUT2D eigenvalue weighted by molar-refractivity contribution is 14.0. The monoisotopic (exact) mass is 416 g/mol. The van der Waals surface area contributed by atoms with Gasteiger partial charge in [0.25, 0.3) is 0 Å². The molecule has 0 saturated heterocycles. The number of furan rings is 1. The van der Waals surface area contributed by atoms with E-state index in [1.165, 1.54) is 0 Å². The Balaban J connectivity index is 0.00000242. The molecule has 6 nitrogen and oxygen atoms in total. The zero-order chi connectivity index (χ0) is 14.9. The number of aliphatic imine (C=N–C) groups is 1. The maximum absolute atomic E-state index is 5.28. The van der Waals surface area contributed by atoms with Crippen LogP contribution in [0.25, 0.3) is 0 Å². The van der Waals surface area contributed by atoms with Gasteiger partial charge in [0.05, 0.1) is 13.4 Å². The van der Waals surface area contributed by atoms with Crippen molar-refractivity contribution in [2.45, 2.75) is 13.0 Å². The van der Waals surface area contributed by atoms with E-state index in [9.17, 15) is 0 Å². The molecule has 0 aromatic carbocycles. The third-order valence-corrected chi connectivity index (χ3v) is 2.96. The molecule has 120 valence electrons. The third kappa shape index (κ3) is 5.55. The van der Waals surface area contributed by atoms with Crippen LogP contribution in [0, 0.1) is 0 Å². The summed E-state index contributed by atoms with van der Waals surface area (Å²) in [6, 6.07) is 7.69. The highest BCUT2D eigenvalue weighted by Crippen LogP contribution is 2.12. The van der Waals surface area contributed by atoms with Gasteiger partial charge in [-0.05, 0) is 18.2 Å². The van der Waals surface area contributed by atoms with Crippen LogP contribution in [0.5, 0.6) is 5.88 Å². The van der Waals surface area contributed by atoms with Gasteiger partial charge in [0.2, 0.25) is 5.88 Å². The molecule has 0 bridgehead atoms. The van der Waals surface area contributed by atoms with E-state index in [2.05, 4.69) is 20.6 Å². The summed E-state index contributed by atoms with van der Waals surface area (Å²) in [5.74, 6) is 2.30. The molecule has 0 atom stereocenters. The van der Waals surface area contributed by atoms with E-state index in [4.69, 9.17) is 9.15 Å². The zero-order valence-corrected chi connectivity index (χ0v) is 15.0. The second-order valence-electron chi connectivity index (χ2n) is 4.35. The summed E-state index contributed by atoms with van der Waals surface area (Å²) in [5, 5.41) is 6.46. The van der Waals surface area contributed by atoms with Gasteiger partial charge in [0.15, 0.2) is 5.96 Å². The Morgan fingerprint density at radius 1 is 1.32 bits per heavy atom. The maximum atomic E-state index is 5.28. The van der Waals surface area contributed by atoms with Crippen LogP contribution in [-0.4, -0.2) is 31.6 Å². The molecule has 2 rings (SSSR count). The molecule has 2 N–H and O–H groups in total. The summed E-state index contributed by atoms with van der Waals surface area (Å²) in [6.45, 7) is 1.34. The van der Waals surface area contributed by atoms with Crippen molar-refractivity contribution < 1.29 is 9.15 Å². The summed E-state index contributed by atoms with van der Waals surface area (Å²) in [5.41, 5.74) is 0.981. The zero-order valence-electron chi connectivity index (χ0n) is 12.7. The van der Waals surface area contributed by atoms with Gasteiger partial charge in [0, 0.05) is 38.3 Å². The summed E-state index contributed by atoms with van der Waals surface area (Å²) in [4.78, 5) is 8.34. The van der Waals surface area contributed by atoms with Gasteiger partial charge in [-0.25, -0.2) is 4.98 Å². The number of methoxy groups -OCH3 is 1. The molecular weight excluding hydrogens is 395 g/mol. The fourth-order valence-corrected chi connectivity index (χ4v) is 1.90. The molecule has 2 heterocycles. The van der Waals surface area contributed by atoms with Crippen LogP contribution in [0.3, 0.4) is 0 Å². The van der Waals surface area contributed by atoms with Crippen molar-refractivity contribution in [3.63, 3.8) is 0 Å². The Hall–Kier alpha value is -1.77. The average molecular weight is 416 g/mol. The van der Waals surface area contributed by atoms with Gasteiger partial charge >= 0.3 is 0 Å². The molecule has 0 fully saturated rings. The lowest BCUT2D eigenvalue weighted by molar-refractivity contribution is 0.392. The van der Waals surface area contributed by atoms with Gasteiger partial charge in [-0.2, -0.15) is 0 Å². The molecule has 0 aliphatic heterocycles. The quantitative estimate of drug-likeness (QED) is 0.429. The molecule has 0 aliphatic carbocycles. The number of guanidine groups is 1. The van der Waals surface area contributed by atoms with Crippen LogP contribution in [0.1, 0.15) is 11.3 Å². The summed E-state index contributed by atoms with van der Waals surface area (Å²) >= 11 is 0. The van der Waals surface area contributed by atoms with Gasteiger partial charge < -0.3 is 19.8 Å². The van der Waals surface area contributed by atoms with Crippen molar-refractivity contribution in [3.8, 4) is 5.88 Å². The number of ether oxygens (including phenoxy) is 1. The summed E-state index contributed by atoms with van der Waals surface area (Å²) < 4.78 is 10.5. The van der Waals surface area contributed by atoms with Crippen molar-refractivity contribution >= 4 is 29.9 Å². The molecule has 22 heavy (non-hydrogen) atoms. The molecule has 2 aromatic heterocycles. The molecule has 0 radical (unpaired) electrons. The fraction of sp³-hybridized carbons (Fsp3) is 0.333. The van der Waals surface area contributed by atoms with E-state index in [-0.39, 0.29) is 24.0 Å². The summed E-state index contributed by atoms with van der Waals surface area (Å²) in [6.07, 6.45) is 4.19. The molecule has 7 heteroatoms. The standard InChI is InChI=1S/C15H20N4O2.HI/c1-16-15(18-9-7-13-6-4-10-21-13)19-11-12-5-3-8-17-14(12)20-2;/h3-6,8,10H,7,9,11H2,1-2H3,(H2,16,18,19);1H. The topological polar surface area (TPSA) is 71.7 Å². The van der Waals surface area contributed by atoms with E-state index >= 15 is 0 Å². The van der Waals surface area contributed by atoms with Gasteiger partial charge in [-0.15, -0.1) is 24.0 Å². The number of hydrogen-bond donors (Lipinski definition) is 2. The first kappa shape index (κ1) is 18.3. The first-order chi connectivity index (χ1) is 10.3. The number of nitrogens with one attached hydrogen (secondary N) is 2. The van der Waals surface area contributed by atoms with E-state index in [1.807, 2.05) is 24.3 Å². The second kappa shape index (κ2) is 10.0. The minimum atomic E-state index is 0. The number of aromatic nitrogens is 1. The Kier molecular flexibility index (Phi) is 8.34. The average Bonchev–Trinajstić information content (AvgIpc) is 3.04. The van der Waals surface area contributed by atoms with E-state index in [1.54, 1.807) is 26.6 Å². The smallest absolute Gasteiger partial charge is 0.218 e. The van der Waals surface area contributed by atoms with Crippen LogP contribution in [0.15, 0.2) is 46.1 Å². The number of halogens is 1. The third-order valence-electron chi connectivity index (χ3n) is 2.96. The first-order valence-electron chi connectivity index (χ1n) is 6.78. The molecule has 0 saturated carbocycles. The SMILES string of the molecule is CN=C(NCCc1ccco1)NCc1cccnc1OC.I. The van der Waals surface area contributed by atoms with Crippen LogP contribution in [-0.2, 0) is 13.0 Å². The van der Waals surface area contributed by atoms with E-state index in [0.29, 0.717) is 12.4 Å². The number of hydrogen-bond acceptors (Lipinski definition) is 4. The van der Waals surface area contributed by atoms with Crippen molar-refractivity contribution in [2.75, 3.05) is 20.7 Å². The lowest BCUT2D eigenvalue weighted by Crippen LogP contribution is -2.37. The van der Waals surface area contributed by atoms with Gasteiger partial charge in [0.1, 0.15) is 5.76 Å². The number of pyridine rings is 1. The molecular formula is C15H21IN4O2. The minimum absolute atomic E-state index is 0. The van der Waals surface area contributed by atoms with Gasteiger partial charge in [-0.1, -0.05) is 6.07 Å². The van der Waals surface area contributed by atoms with Crippen LogP contribution in [0.4, 0.5) is 0 Å². The molecule has 0 aliphatic rings. The molecule has 0 amide bonds. The molecule has 2 aromatic rings.